The number of non-ortho nitro benzene ring substituents is 1. The van der Waals surface area contributed by atoms with Crippen molar-refractivity contribution in [1.29, 1.82) is 0 Å². The third kappa shape index (κ3) is 2.31. The fourth-order valence-electron chi connectivity index (χ4n) is 1.38. The van der Waals surface area contributed by atoms with Gasteiger partial charge in [-0.3, -0.25) is 10.1 Å². The highest BCUT2D eigenvalue weighted by molar-refractivity contribution is 5.62. The molecule has 2 aromatic rings. The first kappa shape index (κ1) is 12.1. The van der Waals surface area contributed by atoms with Gasteiger partial charge in [0.1, 0.15) is 0 Å². The Labute approximate surface area is 98.0 Å². The maximum absolute atomic E-state index is 12.6. The van der Waals surface area contributed by atoms with Crippen LogP contribution < -0.4 is 0 Å². The van der Waals surface area contributed by atoms with Crippen molar-refractivity contribution >= 4 is 5.69 Å². The smallest absolute Gasteiger partial charge is 0.416 e. The lowest BCUT2D eigenvalue weighted by Gasteiger charge is -2.07. The summed E-state index contributed by atoms with van der Waals surface area (Å²) in [6, 6.07) is 2.24. The lowest BCUT2D eigenvalue weighted by atomic mass is 10.1. The van der Waals surface area contributed by atoms with E-state index >= 15 is 0 Å². The highest BCUT2D eigenvalue weighted by atomic mass is 19.4. The minimum absolute atomic E-state index is 0.0317. The molecule has 8 heteroatoms. The molecule has 1 aromatic carbocycles. The minimum Gasteiger partial charge on any atom is -0.444 e. The van der Waals surface area contributed by atoms with Crippen molar-refractivity contribution in [2.24, 2.45) is 0 Å². The van der Waals surface area contributed by atoms with Gasteiger partial charge in [-0.2, -0.15) is 13.2 Å². The van der Waals surface area contributed by atoms with E-state index in [1.54, 1.807) is 0 Å². The van der Waals surface area contributed by atoms with Crippen LogP contribution in [0.1, 0.15) is 5.56 Å². The number of hydrogen-bond donors (Lipinski definition) is 0. The van der Waals surface area contributed by atoms with Crippen molar-refractivity contribution in [2.45, 2.75) is 6.18 Å². The summed E-state index contributed by atoms with van der Waals surface area (Å²) in [6.45, 7) is 0. The van der Waals surface area contributed by atoms with Crippen LogP contribution in [0.5, 0.6) is 0 Å². The van der Waals surface area contributed by atoms with Crippen molar-refractivity contribution < 1.29 is 22.5 Å². The molecule has 0 aliphatic rings. The third-order valence-electron chi connectivity index (χ3n) is 2.17. The molecule has 1 aromatic heterocycles. The Morgan fingerprint density at radius 1 is 1.28 bits per heavy atom. The van der Waals surface area contributed by atoms with Crippen molar-refractivity contribution in [3.8, 4) is 11.3 Å². The molecule has 2 rings (SSSR count). The number of aromatic nitrogens is 1. The summed E-state index contributed by atoms with van der Waals surface area (Å²) in [7, 11) is 0. The van der Waals surface area contributed by atoms with Crippen molar-refractivity contribution in [3.63, 3.8) is 0 Å². The van der Waals surface area contributed by atoms with E-state index in [4.69, 9.17) is 4.42 Å². The third-order valence-corrected chi connectivity index (χ3v) is 2.17. The minimum atomic E-state index is -4.67. The van der Waals surface area contributed by atoms with E-state index in [-0.39, 0.29) is 11.3 Å². The number of nitro benzene ring substituents is 1. The monoisotopic (exact) mass is 258 g/mol. The van der Waals surface area contributed by atoms with E-state index < -0.39 is 22.4 Å². The highest BCUT2D eigenvalue weighted by Crippen LogP contribution is 2.35. The van der Waals surface area contributed by atoms with Gasteiger partial charge in [0, 0.05) is 17.7 Å². The van der Waals surface area contributed by atoms with Crippen molar-refractivity contribution in [3.05, 3.63) is 46.5 Å². The van der Waals surface area contributed by atoms with Crippen LogP contribution >= 0.6 is 0 Å². The Kier molecular flexibility index (Phi) is 2.77. The Bertz CT molecular complexity index is 579. The molecular formula is C10H5F3N2O3. The molecule has 0 radical (unpaired) electrons. The number of rotatable bonds is 2. The molecule has 94 valence electrons. The maximum Gasteiger partial charge on any atom is 0.416 e. The number of benzene rings is 1. The maximum atomic E-state index is 12.6. The summed E-state index contributed by atoms with van der Waals surface area (Å²) in [4.78, 5) is 13.2. The highest BCUT2D eigenvalue weighted by Gasteiger charge is 2.33. The number of hydrogen-bond acceptors (Lipinski definition) is 4. The summed E-state index contributed by atoms with van der Waals surface area (Å²) < 4.78 is 42.6. The second-order valence-electron chi connectivity index (χ2n) is 3.39. The SMILES string of the molecule is O=[N+]([O-])c1cc(-c2cnco2)cc(C(F)(F)F)c1. The quantitative estimate of drug-likeness (QED) is 0.612. The van der Waals surface area contributed by atoms with Gasteiger partial charge in [-0.15, -0.1) is 0 Å². The van der Waals surface area contributed by atoms with Crippen LogP contribution in [0, 0.1) is 10.1 Å². The molecule has 0 saturated heterocycles. The number of alkyl halides is 3. The van der Waals surface area contributed by atoms with Gasteiger partial charge in [-0.25, -0.2) is 4.98 Å². The van der Waals surface area contributed by atoms with E-state index in [1.807, 2.05) is 0 Å². The molecule has 0 aliphatic heterocycles. The summed E-state index contributed by atoms with van der Waals surface area (Å²) in [5, 5.41) is 10.6. The summed E-state index contributed by atoms with van der Waals surface area (Å²) >= 11 is 0. The van der Waals surface area contributed by atoms with Crippen LogP contribution in [0.4, 0.5) is 18.9 Å². The van der Waals surface area contributed by atoms with Gasteiger partial charge in [0.25, 0.3) is 5.69 Å². The van der Waals surface area contributed by atoms with E-state index in [0.717, 1.165) is 18.5 Å². The van der Waals surface area contributed by atoms with Crippen LogP contribution in [0.3, 0.4) is 0 Å². The zero-order valence-corrected chi connectivity index (χ0v) is 8.64. The zero-order valence-electron chi connectivity index (χ0n) is 8.64. The average molecular weight is 258 g/mol. The standard InChI is InChI=1S/C10H5F3N2O3/c11-10(12,13)7-1-6(9-4-14-5-18-9)2-8(3-7)15(16)17/h1-5H. The molecule has 1 heterocycles. The molecule has 18 heavy (non-hydrogen) atoms. The molecule has 0 amide bonds. The van der Waals surface area contributed by atoms with Gasteiger partial charge >= 0.3 is 6.18 Å². The van der Waals surface area contributed by atoms with Crippen molar-refractivity contribution in [1.82, 2.24) is 4.98 Å². The molecular weight excluding hydrogens is 253 g/mol. The fourth-order valence-corrected chi connectivity index (χ4v) is 1.38. The van der Waals surface area contributed by atoms with Crippen LogP contribution in [0.2, 0.25) is 0 Å². The Hall–Kier alpha value is -2.38. The first-order valence-corrected chi connectivity index (χ1v) is 4.63. The first-order chi connectivity index (χ1) is 8.38. The molecule has 0 spiro atoms. The number of nitrogens with zero attached hydrogens (tertiary/aromatic N) is 2. The molecule has 0 saturated carbocycles. The van der Waals surface area contributed by atoms with Crippen LogP contribution in [0.15, 0.2) is 35.2 Å². The summed E-state index contributed by atoms with van der Waals surface area (Å²) in [5.74, 6) is 0.0317. The molecule has 0 aliphatic carbocycles. The number of halogens is 3. The molecule has 0 bridgehead atoms. The van der Waals surface area contributed by atoms with Gasteiger partial charge in [0.2, 0.25) is 0 Å². The lowest BCUT2D eigenvalue weighted by molar-refractivity contribution is -0.385. The van der Waals surface area contributed by atoms with Gasteiger partial charge in [-0.1, -0.05) is 0 Å². The lowest BCUT2D eigenvalue weighted by Crippen LogP contribution is -2.06. The summed E-state index contributed by atoms with van der Waals surface area (Å²) in [5.41, 5.74) is -1.81. The van der Waals surface area contributed by atoms with Gasteiger partial charge in [0.15, 0.2) is 12.2 Å². The van der Waals surface area contributed by atoms with E-state index in [2.05, 4.69) is 4.98 Å². The van der Waals surface area contributed by atoms with Gasteiger partial charge in [0.05, 0.1) is 16.7 Å². The molecule has 5 nitrogen and oxygen atoms in total. The topological polar surface area (TPSA) is 69.2 Å². The predicted molar refractivity (Wildman–Crippen MR) is 53.6 cm³/mol. The van der Waals surface area contributed by atoms with Crippen LogP contribution in [-0.4, -0.2) is 9.91 Å². The second kappa shape index (κ2) is 4.13. The molecule has 0 N–H and O–H groups in total. The normalized spacial score (nSPS) is 11.5. The second-order valence-corrected chi connectivity index (χ2v) is 3.39. The fraction of sp³-hybridized carbons (Fsp3) is 0.100. The van der Waals surface area contributed by atoms with Crippen molar-refractivity contribution in [2.75, 3.05) is 0 Å². The van der Waals surface area contributed by atoms with E-state index in [9.17, 15) is 23.3 Å². The summed E-state index contributed by atoms with van der Waals surface area (Å²) in [6.07, 6.45) is -2.46. The van der Waals surface area contributed by atoms with E-state index in [1.165, 1.54) is 6.20 Å². The average Bonchev–Trinajstić information content (AvgIpc) is 2.80. The zero-order chi connectivity index (χ0) is 13.3. The number of oxazole rings is 1. The first-order valence-electron chi connectivity index (χ1n) is 4.63. The largest absolute Gasteiger partial charge is 0.444 e. The van der Waals surface area contributed by atoms with E-state index in [0.29, 0.717) is 6.07 Å². The Balaban J connectivity index is 2.61. The van der Waals surface area contributed by atoms with Crippen LogP contribution in [-0.2, 0) is 6.18 Å². The number of nitro groups is 1. The molecule has 0 unspecified atom stereocenters. The Morgan fingerprint density at radius 2 is 2.00 bits per heavy atom. The molecule has 0 atom stereocenters. The van der Waals surface area contributed by atoms with Gasteiger partial charge in [-0.05, 0) is 6.07 Å². The van der Waals surface area contributed by atoms with Crippen LogP contribution in [0.25, 0.3) is 11.3 Å². The van der Waals surface area contributed by atoms with Gasteiger partial charge < -0.3 is 4.42 Å². The molecule has 0 fully saturated rings. The Morgan fingerprint density at radius 3 is 2.50 bits per heavy atom. The predicted octanol–water partition coefficient (Wildman–Crippen LogP) is 3.27.